The first-order chi connectivity index (χ1) is 9.56. The van der Waals surface area contributed by atoms with E-state index in [-0.39, 0.29) is 5.75 Å². The first-order valence-electron chi connectivity index (χ1n) is 6.29. The van der Waals surface area contributed by atoms with Crippen molar-refractivity contribution in [3.63, 3.8) is 0 Å². The fourth-order valence-corrected chi connectivity index (χ4v) is 2.59. The molecule has 0 saturated carbocycles. The van der Waals surface area contributed by atoms with Crippen molar-refractivity contribution in [2.45, 2.75) is 38.5 Å². The fraction of sp³-hybridized carbons (Fsp3) is 0.500. The molecule has 20 heavy (non-hydrogen) atoms. The molecule has 2 aromatic heterocycles. The Morgan fingerprint density at radius 3 is 2.85 bits per heavy atom. The smallest absolute Gasteiger partial charge is 0.313 e. The average molecular weight is 295 g/mol. The molecule has 2 rings (SSSR count). The van der Waals surface area contributed by atoms with Crippen molar-refractivity contribution in [2.75, 3.05) is 5.75 Å². The van der Waals surface area contributed by atoms with Gasteiger partial charge in [-0.15, -0.1) is 10.2 Å². The van der Waals surface area contributed by atoms with E-state index in [0.717, 1.165) is 30.9 Å². The summed E-state index contributed by atoms with van der Waals surface area (Å²) in [6, 6.07) is 2.05. The Hall–Kier alpha value is -1.83. The summed E-state index contributed by atoms with van der Waals surface area (Å²) in [4.78, 5) is 10.6. The van der Waals surface area contributed by atoms with Crippen LogP contribution >= 0.6 is 11.8 Å². The Kier molecular flexibility index (Phi) is 4.78. The highest BCUT2D eigenvalue weighted by Gasteiger charge is 2.08. The predicted molar refractivity (Wildman–Crippen MR) is 74.7 cm³/mol. The van der Waals surface area contributed by atoms with Crippen LogP contribution in [0.5, 0.6) is 0 Å². The van der Waals surface area contributed by atoms with E-state index in [1.165, 1.54) is 11.8 Å². The van der Waals surface area contributed by atoms with Gasteiger partial charge >= 0.3 is 5.97 Å². The van der Waals surface area contributed by atoms with E-state index in [9.17, 15) is 4.79 Å². The lowest BCUT2D eigenvalue weighted by atomic mass is 10.4. The van der Waals surface area contributed by atoms with Gasteiger partial charge in [-0.3, -0.25) is 9.48 Å². The van der Waals surface area contributed by atoms with Crippen LogP contribution in [0.2, 0.25) is 0 Å². The molecule has 0 aliphatic carbocycles. The number of carboxylic acid groups (broad SMARTS) is 1. The Morgan fingerprint density at radius 1 is 1.40 bits per heavy atom. The largest absolute Gasteiger partial charge is 0.481 e. The zero-order valence-electron chi connectivity index (χ0n) is 11.5. The average Bonchev–Trinajstić information content (AvgIpc) is 2.94. The topological polar surface area (TPSA) is 85.8 Å². The van der Waals surface area contributed by atoms with Gasteiger partial charge in [-0.1, -0.05) is 11.8 Å². The minimum atomic E-state index is -0.854. The number of hydrogen-bond donors (Lipinski definition) is 1. The van der Waals surface area contributed by atoms with Gasteiger partial charge in [-0.25, -0.2) is 0 Å². The lowest BCUT2D eigenvalue weighted by molar-refractivity contribution is -0.133. The summed E-state index contributed by atoms with van der Waals surface area (Å²) < 4.78 is 3.85. The summed E-state index contributed by atoms with van der Waals surface area (Å²) in [6.07, 6.45) is 2.52. The minimum absolute atomic E-state index is 0.00382. The summed E-state index contributed by atoms with van der Waals surface area (Å²) in [5, 5.41) is 21.5. The number of carboxylic acids is 1. The van der Waals surface area contributed by atoms with Crippen molar-refractivity contribution in [3.05, 3.63) is 23.8 Å². The summed E-state index contributed by atoms with van der Waals surface area (Å²) in [7, 11) is 0. The lowest BCUT2D eigenvalue weighted by Gasteiger charge is -2.07. The zero-order valence-corrected chi connectivity index (χ0v) is 12.3. The second-order valence-corrected chi connectivity index (χ2v) is 5.44. The molecule has 0 aliphatic heterocycles. The molecule has 0 amide bonds. The normalized spacial score (nSPS) is 10.9. The van der Waals surface area contributed by atoms with Crippen LogP contribution < -0.4 is 0 Å². The minimum Gasteiger partial charge on any atom is -0.481 e. The van der Waals surface area contributed by atoms with Gasteiger partial charge in [-0.05, 0) is 26.3 Å². The molecular weight excluding hydrogens is 278 g/mol. The Bertz CT molecular complexity index is 592. The summed E-state index contributed by atoms with van der Waals surface area (Å²) in [6.45, 7) is 5.57. The van der Waals surface area contributed by atoms with Crippen molar-refractivity contribution in [2.24, 2.45) is 0 Å². The second kappa shape index (κ2) is 6.56. The number of aromatic nitrogens is 5. The van der Waals surface area contributed by atoms with Gasteiger partial charge in [0.1, 0.15) is 6.33 Å². The molecule has 7 nitrogen and oxygen atoms in total. The Balaban J connectivity index is 1.86. The maximum atomic E-state index is 10.6. The summed E-state index contributed by atoms with van der Waals surface area (Å²) >= 11 is 1.18. The highest BCUT2D eigenvalue weighted by Crippen LogP contribution is 2.14. The van der Waals surface area contributed by atoms with Gasteiger partial charge in [0.05, 0.1) is 11.4 Å². The molecule has 0 atom stereocenters. The van der Waals surface area contributed by atoms with Crippen LogP contribution in [0.15, 0.2) is 17.6 Å². The molecule has 0 spiro atoms. The molecule has 108 valence electrons. The molecule has 1 N–H and O–H groups in total. The summed E-state index contributed by atoms with van der Waals surface area (Å²) in [5.74, 6) is -0.858. The molecule has 0 aliphatic rings. The van der Waals surface area contributed by atoms with Crippen molar-refractivity contribution >= 4 is 17.7 Å². The van der Waals surface area contributed by atoms with E-state index in [1.807, 2.05) is 29.2 Å². The molecular formula is C12H17N5O2S. The van der Waals surface area contributed by atoms with Gasteiger partial charge in [0.15, 0.2) is 5.16 Å². The van der Waals surface area contributed by atoms with Crippen molar-refractivity contribution < 1.29 is 9.90 Å². The van der Waals surface area contributed by atoms with E-state index < -0.39 is 5.97 Å². The molecule has 0 saturated heterocycles. The van der Waals surface area contributed by atoms with Crippen LogP contribution in [0, 0.1) is 13.8 Å². The predicted octanol–water partition coefficient (Wildman–Crippen LogP) is 1.36. The summed E-state index contributed by atoms with van der Waals surface area (Å²) in [5.41, 5.74) is 2.16. The van der Waals surface area contributed by atoms with Gasteiger partial charge in [0.25, 0.3) is 0 Å². The maximum absolute atomic E-state index is 10.6. The number of hydrogen-bond acceptors (Lipinski definition) is 5. The molecule has 8 heteroatoms. The molecule has 0 unspecified atom stereocenters. The Labute approximate surface area is 121 Å². The molecule has 0 fully saturated rings. The Morgan fingerprint density at radius 2 is 2.20 bits per heavy atom. The van der Waals surface area contributed by atoms with E-state index >= 15 is 0 Å². The molecule has 0 aromatic carbocycles. The molecule has 2 heterocycles. The molecule has 2 aromatic rings. The van der Waals surface area contributed by atoms with Crippen molar-refractivity contribution in [3.8, 4) is 0 Å². The van der Waals surface area contributed by atoms with Crippen LogP contribution in [0.3, 0.4) is 0 Å². The third kappa shape index (κ3) is 3.83. The van der Waals surface area contributed by atoms with Crippen LogP contribution in [-0.2, 0) is 17.9 Å². The fourth-order valence-electron chi connectivity index (χ4n) is 1.93. The zero-order chi connectivity index (χ0) is 14.5. The van der Waals surface area contributed by atoms with Crippen LogP contribution in [0.25, 0.3) is 0 Å². The van der Waals surface area contributed by atoms with Crippen LogP contribution in [0.4, 0.5) is 0 Å². The molecule has 0 bridgehead atoms. The van der Waals surface area contributed by atoms with Gasteiger partial charge in [-0.2, -0.15) is 5.10 Å². The first-order valence-corrected chi connectivity index (χ1v) is 7.28. The van der Waals surface area contributed by atoms with Gasteiger partial charge < -0.3 is 9.67 Å². The van der Waals surface area contributed by atoms with Gasteiger partial charge in [0.2, 0.25) is 0 Å². The maximum Gasteiger partial charge on any atom is 0.313 e. The number of nitrogens with zero attached hydrogens (tertiary/aromatic N) is 5. The SMILES string of the molecule is Cc1cc(C)n(CCCn2cnnc2SCC(=O)O)n1. The highest BCUT2D eigenvalue weighted by molar-refractivity contribution is 7.99. The lowest BCUT2D eigenvalue weighted by Crippen LogP contribution is -2.08. The van der Waals surface area contributed by atoms with Crippen LogP contribution in [0.1, 0.15) is 17.8 Å². The number of aliphatic carboxylic acids is 1. The van der Waals surface area contributed by atoms with E-state index in [1.54, 1.807) is 6.33 Å². The third-order valence-electron chi connectivity index (χ3n) is 2.78. The number of thioether (sulfide) groups is 1. The highest BCUT2D eigenvalue weighted by atomic mass is 32.2. The van der Waals surface area contributed by atoms with Crippen LogP contribution in [-0.4, -0.2) is 41.4 Å². The van der Waals surface area contributed by atoms with Crippen molar-refractivity contribution in [1.82, 2.24) is 24.5 Å². The van der Waals surface area contributed by atoms with E-state index in [4.69, 9.17) is 5.11 Å². The van der Waals surface area contributed by atoms with Gasteiger partial charge in [0, 0.05) is 18.8 Å². The number of aryl methyl sites for hydroxylation is 4. The van der Waals surface area contributed by atoms with E-state index in [0.29, 0.717) is 5.16 Å². The number of carbonyl (C=O) groups is 1. The number of rotatable bonds is 7. The molecule has 0 radical (unpaired) electrons. The third-order valence-corrected chi connectivity index (χ3v) is 3.74. The first kappa shape index (κ1) is 14.6. The second-order valence-electron chi connectivity index (χ2n) is 4.49. The quantitative estimate of drug-likeness (QED) is 0.776. The standard InChI is InChI=1S/C12H17N5O2S/c1-9-6-10(2)17(15-9)5-3-4-16-8-13-14-12(16)20-7-11(18)19/h6,8H,3-5,7H2,1-2H3,(H,18,19). The van der Waals surface area contributed by atoms with E-state index in [2.05, 4.69) is 15.3 Å². The van der Waals surface area contributed by atoms with Crippen molar-refractivity contribution in [1.29, 1.82) is 0 Å². The monoisotopic (exact) mass is 295 g/mol.